The summed E-state index contributed by atoms with van der Waals surface area (Å²) in [6.45, 7) is 2.96. The number of rotatable bonds is 5. The molecule has 6 nitrogen and oxygen atoms in total. The molecule has 116 valence electrons. The van der Waals surface area contributed by atoms with Gasteiger partial charge in [0, 0.05) is 18.5 Å². The Morgan fingerprint density at radius 2 is 1.91 bits per heavy atom. The van der Waals surface area contributed by atoms with Crippen molar-refractivity contribution in [2.45, 2.75) is 25.7 Å². The molecule has 1 fully saturated rings. The standard InChI is InChI=1S/C16H20N4O2/c21-14(9-12-20-10-5-2-6-11-20)17-16-19-18-15(22-16)13-7-3-1-4-8-13/h1,3-4,7-8H,2,5-6,9-12H2,(H,17,19,21). The van der Waals surface area contributed by atoms with Crippen LogP contribution in [0.3, 0.4) is 0 Å². The summed E-state index contributed by atoms with van der Waals surface area (Å²) in [5, 5.41) is 10.5. The molecule has 2 heterocycles. The lowest BCUT2D eigenvalue weighted by Crippen LogP contribution is -2.32. The molecule has 1 aliphatic rings. The van der Waals surface area contributed by atoms with Gasteiger partial charge in [-0.2, -0.15) is 0 Å². The molecule has 0 bridgehead atoms. The number of amides is 1. The van der Waals surface area contributed by atoms with Gasteiger partial charge in [0.05, 0.1) is 0 Å². The van der Waals surface area contributed by atoms with E-state index in [-0.39, 0.29) is 11.9 Å². The van der Waals surface area contributed by atoms with Crippen LogP contribution in [0.4, 0.5) is 6.01 Å². The molecule has 0 aliphatic carbocycles. The van der Waals surface area contributed by atoms with Crippen molar-refractivity contribution in [1.29, 1.82) is 0 Å². The molecule has 0 saturated carbocycles. The molecule has 0 radical (unpaired) electrons. The molecule has 3 rings (SSSR count). The van der Waals surface area contributed by atoms with E-state index in [1.165, 1.54) is 19.3 Å². The van der Waals surface area contributed by atoms with Crippen LogP contribution in [-0.4, -0.2) is 40.6 Å². The number of anilines is 1. The number of aromatic nitrogens is 2. The largest absolute Gasteiger partial charge is 0.403 e. The first-order valence-electron chi connectivity index (χ1n) is 7.72. The van der Waals surface area contributed by atoms with Gasteiger partial charge < -0.3 is 9.32 Å². The fraction of sp³-hybridized carbons (Fsp3) is 0.438. The third-order valence-electron chi connectivity index (χ3n) is 3.80. The molecule has 6 heteroatoms. The SMILES string of the molecule is O=C(CCN1CCCCC1)Nc1nnc(-c2ccccc2)o1. The normalized spacial score (nSPS) is 15.6. The highest BCUT2D eigenvalue weighted by Crippen LogP contribution is 2.19. The van der Waals surface area contributed by atoms with E-state index < -0.39 is 0 Å². The van der Waals surface area contributed by atoms with Crippen LogP contribution in [0.15, 0.2) is 34.7 Å². The van der Waals surface area contributed by atoms with Gasteiger partial charge in [-0.25, -0.2) is 0 Å². The lowest BCUT2D eigenvalue weighted by Gasteiger charge is -2.25. The van der Waals surface area contributed by atoms with Crippen molar-refractivity contribution >= 4 is 11.9 Å². The van der Waals surface area contributed by atoms with E-state index in [0.29, 0.717) is 12.3 Å². The summed E-state index contributed by atoms with van der Waals surface area (Å²) in [7, 11) is 0. The Morgan fingerprint density at radius 3 is 2.68 bits per heavy atom. The third kappa shape index (κ3) is 3.92. The smallest absolute Gasteiger partial charge is 0.322 e. The predicted octanol–water partition coefficient (Wildman–Crippen LogP) is 2.55. The Labute approximate surface area is 129 Å². The number of nitrogens with zero attached hydrogens (tertiary/aromatic N) is 3. The first kappa shape index (κ1) is 14.7. The van der Waals surface area contributed by atoms with E-state index in [9.17, 15) is 4.79 Å². The Morgan fingerprint density at radius 1 is 1.14 bits per heavy atom. The maximum atomic E-state index is 11.9. The molecule has 1 aromatic heterocycles. The summed E-state index contributed by atoms with van der Waals surface area (Å²) < 4.78 is 5.46. The van der Waals surface area contributed by atoms with Gasteiger partial charge >= 0.3 is 6.01 Å². The average molecular weight is 300 g/mol. The molecule has 0 unspecified atom stereocenters. The molecule has 0 spiro atoms. The molecule has 2 aromatic rings. The molecule has 1 saturated heterocycles. The van der Waals surface area contributed by atoms with E-state index in [1.54, 1.807) is 0 Å². The van der Waals surface area contributed by atoms with E-state index in [4.69, 9.17) is 4.42 Å². The van der Waals surface area contributed by atoms with E-state index in [2.05, 4.69) is 20.4 Å². The Bertz CT molecular complexity index is 606. The molecule has 1 amide bonds. The van der Waals surface area contributed by atoms with E-state index >= 15 is 0 Å². The van der Waals surface area contributed by atoms with Gasteiger partial charge in [-0.3, -0.25) is 10.1 Å². The van der Waals surface area contributed by atoms with Gasteiger partial charge in [0.2, 0.25) is 11.8 Å². The van der Waals surface area contributed by atoms with Crippen LogP contribution in [0.25, 0.3) is 11.5 Å². The molecule has 0 atom stereocenters. The second kappa shape index (κ2) is 7.17. The molecule has 1 N–H and O–H groups in total. The van der Waals surface area contributed by atoms with Crippen LogP contribution in [0.2, 0.25) is 0 Å². The fourth-order valence-electron chi connectivity index (χ4n) is 2.60. The number of piperidine rings is 1. The quantitative estimate of drug-likeness (QED) is 0.919. The minimum absolute atomic E-state index is 0.0890. The van der Waals surface area contributed by atoms with Crippen LogP contribution < -0.4 is 5.32 Å². The highest BCUT2D eigenvalue weighted by molar-refractivity contribution is 5.88. The zero-order chi connectivity index (χ0) is 15.2. The molecular weight excluding hydrogens is 280 g/mol. The van der Waals surface area contributed by atoms with Gasteiger partial charge in [-0.15, -0.1) is 5.10 Å². The fourth-order valence-corrected chi connectivity index (χ4v) is 2.60. The highest BCUT2D eigenvalue weighted by Gasteiger charge is 2.14. The molecular formula is C16H20N4O2. The minimum Gasteiger partial charge on any atom is -0.403 e. The monoisotopic (exact) mass is 300 g/mol. The number of likely N-dealkylation sites (tertiary alicyclic amines) is 1. The minimum atomic E-state index is -0.0890. The van der Waals surface area contributed by atoms with E-state index in [1.807, 2.05) is 30.3 Å². The lowest BCUT2D eigenvalue weighted by molar-refractivity contribution is -0.116. The van der Waals surface area contributed by atoms with Crippen LogP contribution in [0.5, 0.6) is 0 Å². The Balaban J connectivity index is 1.50. The van der Waals surface area contributed by atoms with Crippen LogP contribution in [0.1, 0.15) is 25.7 Å². The number of benzene rings is 1. The van der Waals surface area contributed by atoms with Crippen molar-refractivity contribution in [3.8, 4) is 11.5 Å². The van der Waals surface area contributed by atoms with Crippen molar-refractivity contribution in [2.24, 2.45) is 0 Å². The van der Waals surface area contributed by atoms with Crippen molar-refractivity contribution in [3.63, 3.8) is 0 Å². The molecule has 22 heavy (non-hydrogen) atoms. The van der Waals surface area contributed by atoms with Crippen molar-refractivity contribution in [1.82, 2.24) is 15.1 Å². The van der Waals surface area contributed by atoms with Crippen molar-refractivity contribution < 1.29 is 9.21 Å². The maximum Gasteiger partial charge on any atom is 0.322 e. The first-order chi connectivity index (χ1) is 10.8. The van der Waals surface area contributed by atoms with Crippen molar-refractivity contribution in [2.75, 3.05) is 25.0 Å². The third-order valence-corrected chi connectivity index (χ3v) is 3.80. The summed E-state index contributed by atoms with van der Waals surface area (Å²) in [5.41, 5.74) is 0.837. The van der Waals surface area contributed by atoms with Gasteiger partial charge in [0.1, 0.15) is 0 Å². The first-order valence-corrected chi connectivity index (χ1v) is 7.72. The Kier molecular flexibility index (Phi) is 4.80. The van der Waals surface area contributed by atoms with Gasteiger partial charge in [-0.05, 0) is 38.1 Å². The van der Waals surface area contributed by atoms with Gasteiger partial charge in [-0.1, -0.05) is 29.7 Å². The summed E-state index contributed by atoms with van der Waals surface area (Å²) in [4.78, 5) is 14.3. The van der Waals surface area contributed by atoms with Crippen molar-refractivity contribution in [3.05, 3.63) is 30.3 Å². The van der Waals surface area contributed by atoms with E-state index in [0.717, 1.165) is 25.2 Å². The number of carbonyl (C=O) groups is 1. The summed E-state index contributed by atoms with van der Waals surface area (Å²) in [6.07, 6.45) is 4.20. The zero-order valence-corrected chi connectivity index (χ0v) is 12.5. The zero-order valence-electron chi connectivity index (χ0n) is 12.5. The highest BCUT2D eigenvalue weighted by atomic mass is 16.4. The predicted molar refractivity (Wildman–Crippen MR) is 83.3 cm³/mol. The molecule has 1 aromatic carbocycles. The van der Waals surface area contributed by atoms with Gasteiger partial charge in [0.15, 0.2) is 0 Å². The summed E-state index contributed by atoms with van der Waals surface area (Å²) in [5.74, 6) is 0.320. The summed E-state index contributed by atoms with van der Waals surface area (Å²) in [6, 6.07) is 9.64. The van der Waals surface area contributed by atoms with Gasteiger partial charge in [0.25, 0.3) is 0 Å². The second-order valence-corrected chi connectivity index (χ2v) is 5.48. The summed E-state index contributed by atoms with van der Waals surface area (Å²) >= 11 is 0. The average Bonchev–Trinajstić information content (AvgIpc) is 3.03. The topological polar surface area (TPSA) is 71.3 Å². The Hall–Kier alpha value is -2.21. The number of hydrogen-bond acceptors (Lipinski definition) is 5. The second-order valence-electron chi connectivity index (χ2n) is 5.48. The number of nitrogens with one attached hydrogen (secondary N) is 1. The van der Waals surface area contributed by atoms with Crippen LogP contribution in [-0.2, 0) is 4.79 Å². The number of carbonyl (C=O) groups excluding carboxylic acids is 1. The van der Waals surface area contributed by atoms with Crippen LogP contribution >= 0.6 is 0 Å². The molecule has 1 aliphatic heterocycles. The number of hydrogen-bond donors (Lipinski definition) is 1. The van der Waals surface area contributed by atoms with Crippen LogP contribution in [0, 0.1) is 0 Å². The maximum absolute atomic E-state index is 11.9. The lowest BCUT2D eigenvalue weighted by atomic mass is 10.1.